The molecule has 3 aromatic carbocycles. The maximum atomic E-state index is 13.6. The minimum atomic E-state index is -4.60. The van der Waals surface area contributed by atoms with Crippen LogP contribution in [0.15, 0.2) is 24.3 Å². The van der Waals surface area contributed by atoms with Crippen molar-refractivity contribution in [3.8, 4) is 5.75 Å². The highest BCUT2D eigenvalue weighted by Crippen LogP contribution is 2.50. The molecule has 0 bridgehead atoms. The van der Waals surface area contributed by atoms with Crippen LogP contribution in [0.1, 0.15) is 41.4 Å². The Hall–Kier alpha value is -1.98. The monoisotopic (exact) mass is 952 g/mol. The minimum absolute atomic E-state index is 0.0300. The fraction of sp³-hybridized carbons (Fsp3) is 0.267. The predicted molar refractivity (Wildman–Crippen MR) is 200 cm³/mol. The van der Waals surface area contributed by atoms with Crippen LogP contribution in [-0.2, 0) is 32.6 Å². The molecule has 3 aromatic rings. The highest BCUT2D eigenvalue weighted by atomic mass is 35.5. The zero-order chi connectivity index (χ0) is 40.3. The quantitative estimate of drug-likeness (QED) is 0.0404. The number of hydrogen-bond acceptors (Lipinski definition) is 14. The summed E-state index contributed by atoms with van der Waals surface area (Å²) in [5.74, 6) is -4.53. The molecule has 0 saturated carbocycles. The van der Waals surface area contributed by atoms with Crippen molar-refractivity contribution < 1.29 is 66.5 Å². The van der Waals surface area contributed by atoms with Crippen molar-refractivity contribution in [2.24, 2.45) is 0 Å². The largest absolute Gasteiger partial charge is 0.530 e. The molecule has 24 heteroatoms. The van der Waals surface area contributed by atoms with Gasteiger partial charge in [0.05, 0.1) is 88.9 Å². The van der Waals surface area contributed by atoms with Gasteiger partial charge in [-0.25, -0.2) is 23.7 Å². The molecule has 0 aromatic heterocycles. The lowest BCUT2D eigenvalue weighted by Crippen LogP contribution is -2.16. The SMILES string of the molecule is O=C(OCCO)c1c(Cl)c(Cl)c(C(=O)OCCOP(=O)(OCCOC(=O)c2c(Cl)c(Cl)c(C(=O)OCCO)c(Cl)c2Cl)Oc2ccc(Cl)cc2)c(Cl)c1Cl. The van der Waals surface area contributed by atoms with E-state index >= 15 is 0 Å². The van der Waals surface area contributed by atoms with Crippen molar-refractivity contribution in [2.75, 3.05) is 52.9 Å². The number of hydrogen-bond donors (Lipinski definition) is 2. The normalized spacial score (nSPS) is 11.2. The van der Waals surface area contributed by atoms with Gasteiger partial charge in [0.15, 0.2) is 0 Å². The van der Waals surface area contributed by atoms with Crippen LogP contribution < -0.4 is 4.52 Å². The molecular formula is C30H22Cl9O14P. The molecule has 2 N–H and O–H groups in total. The minimum Gasteiger partial charge on any atom is -0.460 e. The van der Waals surface area contributed by atoms with Gasteiger partial charge < -0.3 is 33.7 Å². The first-order valence-corrected chi connectivity index (χ1v) is 19.3. The van der Waals surface area contributed by atoms with Crippen molar-refractivity contribution in [2.45, 2.75) is 0 Å². The third-order valence-corrected chi connectivity index (χ3v) is 11.2. The molecule has 0 aliphatic heterocycles. The second-order valence-corrected chi connectivity index (χ2v) is 14.7. The number of carbonyl (C=O) groups is 4. The number of halogens is 9. The molecule has 0 aliphatic carbocycles. The summed E-state index contributed by atoms with van der Waals surface area (Å²) in [5.41, 5.74) is -1.97. The third-order valence-electron chi connectivity index (χ3n) is 6.15. The second kappa shape index (κ2) is 21.5. The molecule has 0 radical (unpaired) electrons. The Labute approximate surface area is 350 Å². The van der Waals surface area contributed by atoms with Crippen LogP contribution in [0.5, 0.6) is 5.75 Å². The molecule has 0 saturated heterocycles. The predicted octanol–water partition coefficient (Wildman–Crippen LogP) is 9.10. The zero-order valence-corrected chi connectivity index (χ0v) is 34.3. The van der Waals surface area contributed by atoms with E-state index in [-0.39, 0.29) is 19.0 Å². The van der Waals surface area contributed by atoms with Crippen LogP contribution >= 0.6 is 112 Å². The number of phosphoric ester groups is 1. The zero-order valence-electron chi connectivity index (χ0n) is 26.6. The molecule has 0 unspecified atom stereocenters. The smallest absolute Gasteiger partial charge is 0.460 e. The van der Waals surface area contributed by atoms with Crippen molar-refractivity contribution in [1.82, 2.24) is 0 Å². The van der Waals surface area contributed by atoms with Gasteiger partial charge in [0.2, 0.25) is 0 Å². The van der Waals surface area contributed by atoms with Crippen LogP contribution in [0.2, 0.25) is 45.2 Å². The first-order valence-electron chi connectivity index (χ1n) is 14.5. The van der Waals surface area contributed by atoms with Gasteiger partial charge in [-0.3, -0.25) is 9.05 Å². The Morgan fingerprint density at radius 3 is 1.02 bits per heavy atom. The number of ether oxygens (including phenoxy) is 4. The van der Waals surface area contributed by atoms with Gasteiger partial charge >= 0.3 is 31.7 Å². The molecule has 0 amide bonds. The molecule has 14 nitrogen and oxygen atoms in total. The Morgan fingerprint density at radius 1 is 0.463 bits per heavy atom. The van der Waals surface area contributed by atoms with Crippen LogP contribution in [0.3, 0.4) is 0 Å². The van der Waals surface area contributed by atoms with Crippen LogP contribution in [0, 0.1) is 0 Å². The van der Waals surface area contributed by atoms with Gasteiger partial charge in [-0.1, -0.05) is 104 Å². The third kappa shape index (κ3) is 11.8. The maximum absolute atomic E-state index is 13.6. The topological polar surface area (TPSA) is 190 Å². The molecule has 0 fully saturated rings. The fourth-order valence-electron chi connectivity index (χ4n) is 3.83. The first kappa shape index (κ1) is 46.4. The summed E-state index contributed by atoms with van der Waals surface area (Å²) in [6.45, 7) is -4.26. The fourth-order valence-corrected chi connectivity index (χ4v) is 7.43. The highest BCUT2D eigenvalue weighted by Gasteiger charge is 2.33. The molecule has 0 spiro atoms. The van der Waals surface area contributed by atoms with E-state index in [4.69, 9.17) is 147 Å². The average molecular weight is 957 g/mol. The van der Waals surface area contributed by atoms with Crippen molar-refractivity contribution in [1.29, 1.82) is 0 Å². The maximum Gasteiger partial charge on any atom is 0.530 e. The number of benzene rings is 3. The summed E-state index contributed by atoms with van der Waals surface area (Å²) in [7, 11) is -4.60. The summed E-state index contributed by atoms with van der Waals surface area (Å²) < 4.78 is 49.4. The van der Waals surface area contributed by atoms with E-state index in [1.807, 2.05) is 0 Å². The van der Waals surface area contributed by atoms with Gasteiger partial charge in [-0.15, -0.1) is 0 Å². The molecular weight excluding hydrogens is 934 g/mol. The van der Waals surface area contributed by atoms with Crippen LogP contribution in [0.4, 0.5) is 0 Å². The van der Waals surface area contributed by atoms with Gasteiger partial charge in [0.1, 0.15) is 32.2 Å². The lowest BCUT2D eigenvalue weighted by molar-refractivity contribution is 0.0361. The van der Waals surface area contributed by atoms with Gasteiger partial charge in [0.25, 0.3) is 0 Å². The van der Waals surface area contributed by atoms with E-state index in [1.54, 1.807) is 0 Å². The number of carbonyl (C=O) groups excluding carboxylic acids is 4. The molecule has 0 heterocycles. The molecule has 0 aliphatic rings. The summed E-state index contributed by atoms with van der Waals surface area (Å²) in [6.07, 6.45) is 0. The van der Waals surface area contributed by atoms with Crippen molar-refractivity contribution >= 4 is 136 Å². The Bertz CT molecular complexity index is 1780. The number of aliphatic hydroxyl groups excluding tert-OH is 2. The van der Waals surface area contributed by atoms with Crippen molar-refractivity contribution in [3.63, 3.8) is 0 Å². The van der Waals surface area contributed by atoms with Gasteiger partial charge in [0, 0.05) is 5.02 Å². The number of rotatable bonds is 18. The summed E-state index contributed by atoms with van der Waals surface area (Å²) >= 11 is 55.3. The van der Waals surface area contributed by atoms with Crippen LogP contribution in [-0.4, -0.2) is 86.9 Å². The Kier molecular flexibility index (Phi) is 18.5. The van der Waals surface area contributed by atoms with E-state index in [0.717, 1.165) is 0 Å². The van der Waals surface area contributed by atoms with E-state index in [2.05, 4.69) is 0 Å². The first-order chi connectivity index (χ1) is 25.5. The number of esters is 4. The standard InChI is InChI=1S/C30H22Cl9O14P/c31-13-1-3-14(4-2-13)53-54(46,51-11-9-49-29(44)17-23(36)19(32)15(20(33)24(17)37)27(42)47-7-5-40)52-12-10-50-30(45)18-25(38)21(34)16(22(35)26(18)39)28(43)48-8-6-41/h1-4,40-41H,5-12H2. The molecule has 0 atom stereocenters. The van der Waals surface area contributed by atoms with Crippen LogP contribution in [0.25, 0.3) is 0 Å². The lowest BCUT2D eigenvalue weighted by atomic mass is 10.1. The van der Waals surface area contributed by atoms with E-state index in [9.17, 15) is 23.7 Å². The second-order valence-electron chi connectivity index (χ2n) is 9.66. The van der Waals surface area contributed by atoms with Gasteiger partial charge in [-0.2, -0.15) is 0 Å². The van der Waals surface area contributed by atoms with Crippen molar-refractivity contribution in [3.05, 3.63) is 91.7 Å². The Balaban J connectivity index is 1.70. The van der Waals surface area contributed by atoms with E-state index < -0.39 is 134 Å². The molecule has 54 heavy (non-hydrogen) atoms. The van der Waals surface area contributed by atoms with E-state index in [0.29, 0.717) is 5.02 Å². The summed E-state index contributed by atoms with van der Waals surface area (Å²) in [6, 6.07) is 5.49. The lowest BCUT2D eigenvalue weighted by Gasteiger charge is -2.19. The van der Waals surface area contributed by atoms with Gasteiger partial charge in [-0.05, 0) is 24.3 Å². The highest BCUT2D eigenvalue weighted by molar-refractivity contribution is 7.48. The van der Waals surface area contributed by atoms with E-state index in [1.165, 1.54) is 24.3 Å². The Morgan fingerprint density at radius 2 is 0.741 bits per heavy atom. The number of aliphatic hydroxyl groups is 2. The molecule has 3 rings (SSSR count). The average Bonchev–Trinajstić information content (AvgIpc) is 3.13. The number of phosphoric acid groups is 1. The molecule has 294 valence electrons. The summed E-state index contributed by atoms with van der Waals surface area (Å²) in [5, 5.41) is 14.1. The summed E-state index contributed by atoms with van der Waals surface area (Å²) in [4.78, 5) is 50.4.